The number of hydrogen-bond acceptors (Lipinski definition) is 10. The number of rotatable bonds is 12. The van der Waals surface area contributed by atoms with Crippen LogP contribution in [-0.2, 0) is 0 Å². The molecule has 2 N–H and O–H groups in total. The lowest BCUT2D eigenvalue weighted by Gasteiger charge is -2.52. The largest absolute Gasteiger partial charge is 0.497 e. The first kappa shape index (κ1) is 34.7. The molecule has 6 saturated heterocycles. The third kappa shape index (κ3) is 5.78. The predicted octanol–water partition coefficient (Wildman–Crippen LogP) is 6.50. The summed E-state index contributed by atoms with van der Waals surface area (Å²) in [7, 11) is 3.33. The maximum absolute atomic E-state index is 13.8. The number of ether oxygens (including phenoxy) is 2. The smallest absolute Gasteiger partial charge is 0.253 e. The molecule has 6 aliphatic rings. The molecule has 6 aliphatic heterocycles. The van der Waals surface area contributed by atoms with E-state index in [0.29, 0.717) is 35.0 Å². The fourth-order valence-corrected chi connectivity index (χ4v) is 10.3. The van der Waals surface area contributed by atoms with Crippen LogP contribution in [-0.4, -0.2) is 72.3 Å². The summed E-state index contributed by atoms with van der Waals surface area (Å²) >= 11 is 0. The number of fused-ring (bicyclic) bond motifs is 8. The van der Waals surface area contributed by atoms with Crippen molar-refractivity contribution in [3.63, 3.8) is 0 Å². The maximum Gasteiger partial charge on any atom is 0.253 e. The van der Waals surface area contributed by atoms with Crippen LogP contribution in [0, 0.1) is 23.7 Å². The van der Waals surface area contributed by atoms with Crippen LogP contribution in [0.2, 0.25) is 0 Å². The van der Waals surface area contributed by atoms with Gasteiger partial charge in [0.1, 0.15) is 22.9 Å². The first-order valence-electron chi connectivity index (χ1n) is 19.3. The SMILES string of the molecule is C=CC1CN2CCC1C[C@H]2[C@@H](Nc1c(N[C@@H](c2ccnc3ccc(OC)cc23)[C@@H]2CC3CCN2CC3C=C)c(=O)c1=O)c1ccnc2ccc(OC)cc12. The Balaban J connectivity index is 1.14. The Bertz CT molecular complexity index is 2160. The molecular formula is C44H48N6O4. The minimum absolute atomic E-state index is 0.0948. The molecule has 0 aliphatic carbocycles. The monoisotopic (exact) mass is 724 g/mol. The first-order chi connectivity index (χ1) is 26.4. The van der Waals surface area contributed by atoms with Crippen molar-refractivity contribution >= 4 is 33.2 Å². The van der Waals surface area contributed by atoms with Gasteiger partial charge in [-0.25, -0.2) is 0 Å². The number of methoxy groups -OCH3 is 2. The van der Waals surface area contributed by atoms with Gasteiger partial charge in [-0.15, -0.1) is 13.2 Å². The molecule has 11 rings (SSSR count). The maximum atomic E-state index is 13.8. The van der Waals surface area contributed by atoms with Gasteiger partial charge in [-0.1, -0.05) is 12.2 Å². The van der Waals surface area contributed by atoms with Gasteiger partial charge < -0.3 is 20.1 Å². The lowest BCUT2D eigenvalue weighted by molar-refractivity contribution is 0.0102. The van der Waals surface area contributed by atoms with Gasteiger partial charge in [0, 0.05) is 48.3 Å². The van der Waals surface area contributed by atoms with E-state index in [9.17, 15) is 9.59 Å². The molecule has 4 bridgehead atoms. The van der Waals surface area contributed by atoms with Crippen LogP contribution in [0.25, 0.3) is 21.8 Å². The highest BCUT2D eigenvalue weighted by Crippen LogP contribution is 2.46. The third-order valence-electron chi connectivity index (χ3n) is 13.2. The molecular weight excluding hydrogens is 677 g/mol. The highest BCUT2D eigenvalue weighted by atomic mass is 16.5. The minimum Gasteiger partial charge on any atom is -0.497 e. The number of nitrogens with one attached hydrogen (secondary N) is 2. The normalized spacial score (nSPS) is 28.5. The summed E-state index contributed by atoms with van der Waals surface area (Å²) in [6, 6.07) is 15.6. The fraction of sp³-hybridized carbons (Fsp3) is 0.409. The van der Waals surface area contributed by atoms with Crippen LogP contribution in [0.15, 0.2) is 95.8 Å². The zero-order chi connectivity index (χ0) is 37.1. The summed E-state index contributed by atoms with van der Waals surface area (Å²) in [5.41, 5.74) is 3.47. The van der Waals surface area contributed by atoms with Gasteiger partial charge in [-0.3, -0.25) is 29.4 Å². The molecule has 0 saturated carbocycles. The highest BCUT2D eigenvalue weighted by molar-refractivity contribution is 5.86. The summed E-state index contributed by atoms with van der Waals surface area (Å²) in [5, 5.41) is 9.39. The molecule has 3 aromatic carbocycles. The molecule has 0 spiro atoms. The van der Waals surface area contributed by atoms with E-state index in [0.717, 1.165) is 96.3 Å². The summed E-state index contributed by atoms with van der Waals surface area (Å²) in [4.78, 5) is 42.1. The number of aromatic nitrogens is 2. The summed E-state index contributed by atoms with van der Waals surface area (Å²) in [6.45, 7) is 12.1. The second-order valence-electron chi connectivity index (χ2n) is 15.7. The van der Waals surface area contributed by atoms with Crippen molar-refractivity contribution in [2.75, 3.05) is 51.0 Å². The van der Waals surface area contributed by atoms with Gasteiger partial charge in [-0.05, 0) is 122 Å². The lowest BCUT2D eigenvalue weighted by atomic mass is 9.72. The third-order valence-corrected chi connectivity index (χ3v) is 13.2. The lowest BCUT2D eigenvalue weighted by Crippen LogP contribution is -2.57. The molecule has 54 heavy (non-hydrogen) atoms. The van der Waals surface area contributed by atoms with Crippen molar-refractivity contribution in [3.05, 3.63) is 118 Å². The van der Waals surface area contributed by atoms with Gasteiger partial charge in [0.05, 0.1) is 37.3 Å². The van der Waals surface area contributed by atoms with Crippen molar-refractivity contribution in [1.82, 2.24) is 19.8 Å². The van der Waals surface area contributed by atoms with Crippen molar-refractivity contribution < 1.29 is 9.47 Å². The van der Waals surface area contributed by atoms with Gasteiger partial charge in [0.2, 0.25) is 0 Å². The second kappa shape index (κ2) is 14.0. The molecule has 6 fully saturated rings. The van der Waals surface area contributed by atoms with E-state index in [1.807, 2.05) is 60.9 Å². The summed E-state index contributed by atoms with van der Waals surface area (Å²) in [5.74, 6) is 3.36. The zero-order valence-electron chi connectivity index (χ0n) is 31.0. The molecule has 2 aromatic heterocycles. The van der Waals surface area contributed by atoms with E-state index < -0.39 is 10.9 Å². The van der Waals surface area contributed by atoms with Crippen molar-refractivity contribution in [2.45, 2.75) is 49.9 Å². The second-order valence-corrected chi connectivity index (χ2v) is 15.7. The number of piperidine rings is 6. The van der Waals surface area contributed by atoms with E-state index in [2.05, 4.69) is 55.7 Å². The van der Waals surface area contributed by atoms with Crippen molar-refractivity contribution in [3.8, 4) is 11.5 Å². The topological polar surface area (TPSA) is 109 Å². The molecule has 10 heteroatoms. The van der Waals surface area contributed by atoms with Crippen molar-refractivity contribution in [1.29, 1.82) is 0 Å². The molecule has 8 heterocycles. The van der Waals surface area contributed by atoms with E-state index in [1.54, 1.807) is 14.2 Å². The number of benzene rings is 2. The fourth-order valence-electron chi connectivity index (χ4n) is 10.3. The average Bonchev–Trinajstić information content (AvgIpc) is 3.24. The Labute approximate surface area is 315 Å². The predicted molar refractivity (Wildman–Crippen MR) is 214 cm³/mol. The van der Waals surface area contributed by atoms with E-state index in [-0.39, 0.29) is 24.2 Å². The van der Waals surface area contributed by atoms with Crippen LogP contribution in [0.5, 0.6) is 11.5 Å². The number of pyridine rings is 2. The summed E-state index contributed by atoms with van der Waals surface area (Å²) in [6.07, 6.45) is 12.0. The first-order valence-corrected chi connectivity index (χ1v) is 19.3. The van der Waals surface area contributed by atoms with Crippen LogP contribution >= 0.6 is 0 Å². The molecule has 10 atom stereocenters. The number of nitrogens with zero attached hydrogens (tertiary/aromatic N) is 4. The standard InChI is InChI=1S/C44H48N6O4/c1-5-25-23-49-17-13-27(25)19-37(49)39(31-11-15-45-35-9-7-29(53-3)21-33(31)35)47-41-42(44(52)43(41)51)48-40(38-20-28-14-18-50(38)24-26(28)6-2)32-12-16-46-36-10-8-30(54-4)22-34(32)36/h5-12,15-16,21-22,25-28,37-40,47-48H,1-2,13-14,17-20,23-24H2,3-4H3/t25?,26?,27?,28?,37-,38-,39-,40-/m0/s1. The Hall–Kier alpha value is -5.06. The molecule has 10 nitrogen and oxygen atoms in total. The number of anilines is 2. The van der Waals surface area contributed by atoms with Crippen LogP contribution in [0.1, 0.15) is 48.9 Å². The Kier molecular flexibility index (Phi) is 8.98. The molecule has 6 unspecified atom stereocenters. The van der Waals surface area contributed by atoms with Gasteiger partial charge >= 0.3 is 0 Å². The van der Waals surface area contributed by atoms with Gasteiger partial charge in [0.25, 0.3) is 10.9 Å². The summed E-state index contributed by atoms with van der Waals surface area (Å²) < 4.78 is 11.3. The van der Waals surface area contributed by atoms with Crippen LogP contribution in [0.3, 0.4) is 0 Å². The molecule has 5 aromatic rings. The quantitative estimate of drug-likeness (QED) is 0.109. The van der Waals surface area contributed by atoms with E-state index in [4.69, 9.17) is 9.47 Å². The highest BCUT2D eigenvalue weighted by Gasteiger charge is 2.46. The average molecular weight is 725 g/mol. The van der Waals surface area contributed by atoms with E-state index in [1.165, 1.54) is 0 Å². The van der Waals surface area contributed by atoms with Crippen LogP contribution < -0.4 is 31.0 Å². The molecule has 0 amide bonds. The molecule has 278 valence electrons. The zero-order valence-corrected chi connectivity index (χ0v) is 31.0. The Morgan fingerprint density at radius 1 is 0.704 bits per heavy atom. The van der Waals surface area contributed by atoms with Gasteiger partial charge in [0.15, 0.2) is 0 Å². The van der Waals surface area contributed by atoms with E-state index >= 15 is 0 Å². The van der Waals surface area contributed by atoms with Crippen molar-refractivity contribution in [2.24, 2.45) is 23.7 Å². The Morgan fingerprint density at radius 3 is 1.52 bits per heavy atom. The Morgan fingerprint density at radius 2 is 1.15 bits per heavy atom. The number of hydrogen-bond donors (Lipinski definition) is 2. The molecule has 0 radical (unpaired) electrons. The minimum atomic E-state index is -0.490. The van der Waals surface area contributed by atoms with Gasteiger partial charge in [-0.2, -0.15) is 0 Å². The van der Waals surface area contributed by atoms with Crippen LogP contribution in [0.4, 0.5) is 11.4 Å².